The summed E-state index contributed by atoms with van der Waals surface area (Å²) in [5.41, 5.74) is 4.15. The number of aromatic amines is 1. The number of H-pyrrole nitrogens is 1. The zero-order valence-corrected chi connectivity index (χ0v) is 17.1. The summed E-state index contributed by atoms with van der Waals surface area (Å²) < 4.78 is 44.5. The monoisotopic (exact) mass is 495 g/mol. The Hall–Kier alpha value is -1.52. The number of aliphatic hydroxyl groups excluding tert-OH is 2. The van der Waals surface area contributed by atoms with Crippen molar-refractivity contribution in [2.45, 2.75) is 12.2 Å². The number of anilines is 2. The molecule has 0 amide bonds. The van der Waals surface area contributed by atoms with Gasteiger partial charge in [0.1, 0.15) is 12.2 Å². The summed E-state index contributed by atoms with van der Waals surface area (Å²) in [6.07, 6.45) is -3.81. The Labute approximate surface area is 165 Å². The minimum absolute atomic E-state index is 0.00922. The van der Waals surface area contributed by atoms with Gasteiger partial charge in [-0.3, -0.25) is 14.3 Å². The summed E-state index contributed by atoms with van der Waals surface area (Å²) in [6, 6.07) is 0. The molecule has 2 heterocycles. The predicted molar refractivity (Wildman–Crippen MR) is 96.7 cm³/mol. The summed E-state index contributed by atoms with van der Waals surface area (Å²) in [6.45, 7) is -1.39. The van der Waals surface area contributed by atoms with Crippen molar-refractivity contribution in [1.29, 1.82) is 0 Å². The summed E-state index contributed by atoms with van der Waals surface area (Å²) in [5.74, 6) is -0.184. The van der Waals surface area contributed by atoms with Gasteiger partial charge in [0.25, 0.3) is 5.56 Å². The molecule has 0 spiro atoms. The topological polar surface area (TPSA) is 296 Å². The average molecular weight is 495 g/mol. The van der Waals surface area contributed by atoms with Gasteiger partial charge in [0, 0.05) is 0 Å². The number of phosphoric ester groups is 1. The SMILES string of the molecule is Nc1nc2c(c(=O)[nH]1)N=C([C@@H](O)[C@@H](O)COP(=O)(O)OP(=O)(O)OP(=O)(O)O)CN2. The molecule has 10 N–H and O–H groups in total. The first-order valence-electron chi connectivity index (χ1n) is 7.44. The fourth-order valence-corrected chi connectivity index (χ4v) is 5.06. The van der Waals surface area contributed by atoms with E-state index in [-0.39, 0.29) is 29.7 Å². The smallest absolute Gasteiger partial charge is 0.388 e. The fourth-order valence-electron chi connectivity index (χ4n) is 2.03. The molecule has 30 heavy (non-hydrogen) atoms. The maximum absolute atomic E-state index is 11.8. The standard InChI is InChI=1S/C9H16N5O13P3/c10-9-13-7-5(8(17)14-9)12-3(1-11-7)6(16)4(15)2-25-29(21,22)27-30(23,24)26-28(18,19)20/h4,6,15-16H,1-2H2,(H,21,22)(H,23,24)(H2,18,19,20)(H4,10,11,13,14,17)/t4-,6+/m0/s1. The summed E-state index contributed by atoms with van der Waals surface area (Å²) >= 11 is 0. The Balaban J connectivity index is 2.04. The van der Waals surface area contributed by atoms with Crippen molar-refractivity contribution in [2.24, 2.45) is 4.99 Å². The number of phosphoric acid groups is 3. The van der Waals surface area contributed by atoms with Crippen LogP contribution in [0, 0.1) is 0 Å². The van der Waals surface area contributed by atoms with Crippen LogP contribution in [0.25, 0.3) is 0 Å². The van der Waals surface area contributed by atoms with Gasteiger partial charge in [0.05, 0.1) is 18.9 Å². The van der Waals surface area contributed by atoms with Gasteiger partial charge in [-0.25, -0.2) is 18.7 Å². The minimum atomic E-state index is -5.73. The molecule has 0 aliphatic carbocycles. The summed E-state index contributed by atoms with van der Waals surface area (Å²) in [4.78, 5) is 56.8. The van der Waals surface area contributed by atoms with Crippen LogP contribution in [0.15, 0.2) is 9.79 Å². The lowest BCUT2D eigenvalue weighted by atomic mass is 10.1. The Bertz CT molecular complexity index is 1040. The molecule has 0 radical (unpaired) electrons. The predicted octanol–water partition coefficient (Wildman–Crippen LogP) is -2.08. The van der Waals surface area contributed by atoms with Crippen LogP contribution >= 0.6 is 23.5 Å². The number of hydrogen-bond donors (Lipinski definition) is 9. The molecule has 18 nitrogen and oxygen atoms in total. The third-order valence-electron chi connectivity index (χ3n) is 3.14. The lowest BCUT2D eigenvalue weighted by Crippen LogP contribution is -2.41. The molecule has 1 aliphatic heterocycles. The second-order valence-electron chi connectivity index (χ2n) is 5.50. The average Bonchev–Trinajstić information content (AvgIpc) is 2.55. The van der Waals surface area contributed by atoms with E-state index in [0.29, 0.717) is 0 Å². The highest BCUT2D eigenvalue weighted by atomic mass is 31.3. The Morgan fingerprint density at radius 3 is 2.33 bits per heavy atom. The molecule has 2 rings (SSSR count). The highest BCUT2D eigenvalue weighted by molar-refractivity contribution is 7.66. The molecular weight excluding hydrogens is 479 g/mol. The number of hydrogen-bond acceptors (Lipinski definition) is 13. The van der Waals surface area contributed by atoms with Crippen LogP contribution < -0.4 is 16.6 Å². The van der Waals surface area contributed by atoms with E-state index in [4.69, 9.17) is 20.4 Å². The zero-order chi connectivity index (χ0) is 22.9. The second-order valence-corrected chi connectivity index (χ2v) is 9.92. The van der Waals surface area contributed by atoms with Gasteiger partial charge in [-0.05, 0) is 0 Å². The molecule has 0 aromatic carbocycles. The van der Waals surface area contributed by atoms with E-state index >= 15 is 0 Å². The van der Waals surface area contributed by atoms with E-state index in [0.717, 1.165) is 0 Å². The normalized spacial score (nSPS) is 20.1. The third kappa shape index (κ3) is 7.02. The molecule has 170 valence electrons. The second kappa shape index (κ2) is 8.92. The number of aromatic nitrogens is 2. The molecule has 4 atom stereocenters. The highest BCUT2D eigenvalue weighted by Gasteiger charge is 2.41. The van der Waals surface area contributed by atoms with Crippen LogP contribution in [-0.4, -0.2) is 70.8 Å². The Morgan fingerprint density at radius 1 is 1.10 bits per heavy atom. The molecule has 0 fully saturated rings. The van der Waals surface area contributed by atoms with Gasteiger partial charge >= 0.3 is 23.5 Å². The van der Waals surface area contributed by atoms with Crippen LogP contribution in [0.5, 0.6) is 0 Å². The number of nitrogens with two attached hydrogens (primary N) is 1. The molecule has 1 aromatic heterocycles. The maximum atomic E-state index is 11.8. The Morgan fingerprint density at radius 2 is 1.73 bits per heavy atom. The van der Waals surface area contributed by atoms with Gasteiger partial charge in [-0.1, -0.05) is 0 Å². The first-order chi connectivity index (χ1) is 13.6. The van der Waals surface area contributed by atoms with E-state index in [2.05, 4.69) is 33.4 Å². The number of aliphatic hydroxyl groups is 2. The zero-order valence-electron chi connectivity index (χ0n) is 14.4. The molecule has 1 aromatic rings. The first-order valence-corrected chi connectivity index (χ1v) is 12.0. The molecule has 0 saturated heterocycles. The summed E-state index contributed by atoms with van der Waals surface area (Å²) in [7, 11) is -16.8. The lowest BCUT2D eigenvalue weighted by Gasteiger charge is -2.24. The molecule has 0 bridgehead atoms. The minimum Gasteiger partial charge on any atom is -0.388 e. The highest BCUT2D eigenvalue weighted by Crippen LogP contribution is 2.66. The quantitative estimate of drug-likeness (QED) is 0.166. The third-order valence-corrected chi connectivity index (χ3v) is 6.94. The van der Waals surface area contributed by atoms with Gasteiger partial charge in [-0.2, -0.15) is 13.6 Å². The van der Waals surface area contributed by atoms with Crippen molar-refractivity contribution in [1.82, 2.24) is 9.97 Å². The molecule has 21 heteroatoms. The van der Waals surface area contributed by atoms with E-state index in [1.807, 2.05) is 0 Å². The number of rotatable bonds is 9. The first kappa shape index (κ1) is 24.7. The number of nitrogens with one attached hydrogen (secondary N) is 2. The Kier molecular flexibility index (Phi) is 7.36. The largest absolute Gasteiger partial charge is 0.490 e. The van der Waals surface area contributed by atoms with Crippen molar-refractivity contribution in [2.75, 3.05) is 24.2 Å². The van der Waals surface area contributed by atoms with Crippen molar-refractivity contribution in [3.63, 3.8) is 0 Å². The lowest BCUT2D eigenvalue weighted by molar-refractivity contribution is 0.0167. The summed E-state index contributed by atoms with van der Waals surface area (Å²) in [5, 5.41) is 22.6. The number of fused-ring (bicyclic) bond motifs is 1. The molecule has 2 unspecified atom stereocenters. The van der Waals surface area contributed by atoms with Crippen molar-refractivity contribution in [3.8, 4) is 0 Å². The van der Waals surface area contributed by atoms with Crippen LogP contribution in [0.3, 0.4) is 0 Å². The van der Waals surface area contributed by atoms with E-state index in [1.165, 1.54) is 0 Å². The van der Waals surface area contributed by atoms with Crippen molar-refractivity contribution in [3.05, 3.63) is 10.4 Å². The number of aliphatic imine (C=N–C) groups is 1. The number of nitrogens with zero attached hydrogens (tertiary/aromatic N) is 2. The molecule has 1 aliphatic rings. The van der Waals surface area contributed by atoms with Gasteiger partial charge < -0.3 is 40.8 Å². The van der Waals surface area contributed by atoms with E-state index in [9.17, 15) is 33.6 Å². The van der Waals surface area contributed by atoms with E-state index < -0.39 is 47.8 Å². The maximum Gasteiger partial charge on any atom is 0.490 e. The molecule has 0 saturated carbocycles. The van der Waals surface area contributed by atoms with Gasteiger partial charge in [0.2, 0.25) is 5.95 Å². The van der Waals surface area contributed by atoms with Crippen LogP contribution in [-0.2, 0) is 26.8 Å². The fraction of sp³-hybridized carbons (Fsp3) is 0.444. The van der Waals surface area contributed by atoms with E-state index in [1.54, 1.807) is 0 Å². The van der Waals surface area contributed by atoms with Gasteiger partial charge in [0.15, 0.2) is 11.5 Å². The van der Waals surface area contributed by atoms with Crippen LogP contribution in [0.4, 0.5) is 17.5 Å². The van der Waals surface area contributed by atoms with Crippen molar-refractivity contribution >= 4 is 46.6 Å². The number of nitrogen functional groups attached to an aromatic ring is 1. The van der Waals surface area contributed by atoms with Gasteiger partial charge in [-0.15, -0.1) is 0 Å². The van der Waals surface area contributed by atoms with Crippen molar-refractivity contribution < 1.29 is 56.6 Å². The van der Waals surface area contributed by atoms with Crippen LogP contribution in [0.2, 0.25) is 0 Å². The molecular formula is C9H16N5O13P3. The van der Waals surface area contributed by atoms with Crippen LogP contribution in [0.1, 0.15) is 0 Å².